The summed E-state index contributed by atoms with van der Waals surface area (Å²) in [6, 6.07) is 14.7. The van der Waals surface area contributed by atoms with Crippen molar-refractivity contribution in [3.05, 3.63) is 60.2 Å². The molecule has 0 bridgehead atoms. The van der Waals surface area contributed by atoms with Crippen LogP contribution in [0, 0.1) is 0 Å². The largest absolute Gasteiger partial charge is 0.294 e. The number of anilines is 1. The Morgan fingerprint density at radius 2 is 1.75 bits per heavy atom. The Bertz CT molecular complexity index is 709. The van der Waals surface area contributed by atoms with Crippen molar-refractivity contribution in [2.24, 2.45) is 0 Å². The lowest BCUT2D eigenvalue weighted by molar-refractivity contribution is 0.0988. The third kappa shape index (κ3) is 3.24. The van der Waals surface area contributed by atoms with Crippen LogP contribution in [0.3, 0.4) is 0 Å². The van der Waals surface area contributed by atoms with Gasteiger partial charge in [-0.25, -0.2) is 8.42 Å². The maximum absolute atomic E-state index is 12.2. The summed E-state index contributed by atoms with van der Waals surface area (Å²) in [6.45, 7) is 1.74. The van der Waals surface area contributed by atoms with Gasteiger partial charge in [-0.3, -0.25) is 9.52 Å². The standard InChI is InChI=1S/C15H15NO3S/c1-2-15(17)12-7-6-10-14(11-12)20(18,19)16-13-8-4-3-5-9-13/h3-11,16H,2H2,1H3. The van der Waals surface area contributed by atoms with E-state index < -0.39 is 10.0 Å². The third-order valence-electron chi connectivity index (χ3n) is 2.81. The first-order valence-corrected chi connectivity index (χ1v) is 7.72. The number of rotatable bonds is 5. The molecule has 0 aliphatic heterocycles. The molecule has 5 heteroatoms. The van der Waals surface area contributed by atoms with Crippen LogP contribution >= 0.6 is 0 Å². The van der Waals surface area contributed by atoms with Crippen LogP contribution in [-0.4, -0.2) is 14.2 Å². The Labute approximate surface area is 118 Å². The van der Waals surface area contributed by atoms with Crippen LogP contribution in [0.2, 0.25) is 0 Å². The maximum atomic E-state index is 12.2. The highest BCUT2D eigenvalue weighted by molar-refractivity contribution is 7.92. The van der Waals surface area contributed by atoms with Gasteiger partial charge in [-0.15, -0.1) is 0 Å². The van der Waals surface area contributed by atoms with Crippen LogP contribution in [0.25, 0.3) is 0 Å². The van der Waals surface area contributed by atoms with Crippen molar-refractivity contribution < 1.29 is 13.2 Å². The number of hydrogen-bond acceptors (Lipinski definition) is 3. The topological polar surface area (TPSA) is 63.2 Å². The van der Waals surface area contributed by atoms with Gasteiger partial charge in [0.05, 0.1) is 4.90 Å². The number of para-hydroxylation sites is 1. The quantitative estimate of drug-likeness (QED) is 0.860. The van der Waals surface area contributed by atoms with Crippen molar-refractivity contribution >= 4 is 21.5 Å². The van der Waals surface area contributed by atoms with E-state index in [0.29, 0.717) is 17.7 Å². The summed E-state index contributed by atoms with van der Waals surface area (Å²) in [7, 11) is -3.68. The summed E-state index contributed by atoms with van der Waals surface area (Å²) in [5.41, 5.74) is 0.892. The van der Waals surface area contributed by atoms with Gasteiger partial charge >= 0.3 is 0 Å². The van der Waals surface area contributed by atoms with Crippen molar-refractivity contribution in [1.82, 2.24) is 0 Å². The third-order valence-corrected chi connectivity index (χ3v) is 4.19. The van der Waals surface area contributed by atoms with Gasteiger partial charge in [-0.1, -0.05) is 37.3 Å². The molecular formula is C15H15NO3S. The first-order valence-electron chi connectivity index (χ1n) is 6.24. The predicted octanol–water partition coefficient (Wildman–Crippen LogP) is 3.08. The van der Waals surface area contributed by atoms with Gasteiger partial charge in [0.25, 0.3) is 10.0 Å². The van der Waals surface area contributed by atoms with Crippen molar-refractivity contribution in [2.75, 3.05) is 4.72 Å². The van der Waals surface area contributed by atoms with E-state index in [4.69, 9.17) is 0 Å². The Morgan fingerprint density at radius 3 is 2.40 bits per heavy atom. The Morgan fingerprint density at radius 1 is 1.05 bits per heavy atom. The zero-order valence-electron chi connectivity index (χ0n) is 11.0. The molecular weight excluding hydrogens is 274 g/mol. The van der Waals surface area contributed by atoms with Gasteiger partial charge in [0, 0.05) is 17.7 Å². The van der Waals surface area contributed by atoms with E-state index in [1.165, 1.54) is 12.1 Å². The molecule has 20 heavy (non-hydrogen) atoms. The van der Waals surface area contributed by atoms with Crippen LogP contribution in [0.4, 0.5) is 5.69 Å². The summed E-state index contributed by atoms with van der Waals surface area (Å²) < 4.78 is 27.0. The number of carbonyl (C=O) groups excluding carboxylic acids is 1. The van der Waals surface area contributed by atoms with E-state index in [1.54, 1.807) is 49.4 Å². The summed E-state index contributed by atoms with van der Waals surface area (Å²) in [5, 5.41) is 0. The molecule has 0 saturated heterocycles. The lowest BCUT2D eigenvalue weighted by Gasteiger charge is -2.08. The molecule has 2 aromatic rings. The van der Waals surface area contributed by atoms with Crippen molar-refractivity contribution in [3.63, 3.8) is 0 Å². The Hall–Kier alpha value is -2.14. The molecule has 1 N–H and O–H groups in total. The van der Waals surface area contributed by atoms with Crippen LogP contribution < -0.4 is 4.72 Å². The smallest absolute Gasteiger partial charge is 0.261 e. The number of hydrogen-bond donors (Lipinski definition) is 1. The molecule has 0 radical (unpaired) electrons. The van der Waals surface area contributed by atoms with Gasteiger partial charge in [-0.05, 0) is 24.3 Å². The average molecular weight is 289 g/mol. The van der Waals surface area contributed by atoms with Gasteiger partial charge in [-0.2, -0.15) is 0 Å². The molecule has 0 aliphatic carbocycles. The van der Waals surface area contributed by atoms with E-state index in [9.17, 15) is 13.2 Å². The molecule has 0 atom stereocenters. The molecule has 2 aromatic carbocycles. The fraction of sp³-hybridized carbons (Fsp3) is 0.133. The monoisotopic (exact) mass is 289 g/mol. The zero-order valence-corrected chi connectivity index (χ0v) is 11.9. The molecule has 4 nitrogen and oxygen atoms in total. The van der Waals surface area contributed by atoms with Crippen LogP contribution in [-0.2, 0) is 10.0 Å². The number of carbonyl (C=O) groups is 1. The van der Waals surface area contributed by atoms with Crippen molar-refractivity contribution in [2.45, 2.75) is 18.2 Å². The van der Waals surface area contributed by atoms with Gasteiger partial charge in [0.15, 0.2) is 5.78 Å². The van der Waals surface area contributed by atoms with E-state index in [0.717, 1.165) is 0 Å². The fourth-order valence-corrected chi connectivity index (χ4v) is 2.87. The highest BCUT2D eigenvalue weighted by Gasteiger charge is 2.15. The van der Waals surface area contributed by atoms with Crippen LogP contribution in [0.5, 0.6) is 0 Å². The van der Waals surface area contributed by atoms with E-state index >= 15 is 0 Å². The molecule has 0 saturated carbocycles. The second kappa shape index (κ2) is 5.88. The number of benzene rings is 2. The maximum Gasteiger partial charge on any atom is 0.261 e. The zero-order chi connectivity index (χ0) is 14.6. The fourth-order valence-electron chi connectivity index (χ4n) is 1.76. The summed E-state index contributed by atoms with van der Waals surface area (Å²) in [6.07, 6.45) is 0.343. The van der Waals surface area contributed by atoms with E-state index in [1.807, 2.05) is 0 Å². The predicted molar refractivity (Wildman–Crippen MR) is 78.3 cm³/mol. The number of sulfonamides is 1. The van der Waals surface area contributed by atoms with Crippen molar-refractivity contribution in [1.29, 1.82) is 0 Å². The SMILES string of the molecule is CCC(=O)c1cccc(S(=O)(=O)Nc2ccccc2)c1. The highest BCUT2D eigenvalue weighted by atomic mass is 32.2. The minimum absolute atomic E-state index is 0.0817. The Kier molecular flexibility index (Phi) is 4.20. The van der Waals surface area contributed by atoms with Gasteiger partial charge < -0.3 is 0 Å². The number of nitrogens with one attached hydrogen (secondary N) is 1. The second-order valence-corrected chi connectivity index (χ2v) is 5.96. The normalized spacial score (nSPS) is 11.1. The first kappa shape index (κ1) is 14.3. The molecule has 0 aliphatic rings. The lowest BCUT2D eigenvalue weighted by atomic mass is 10.1. The molecule has 0 aromatic heterocycles. The van der Waals surface area contributed by atoms with Gasteiger partial charge in [0.2, 0.25) is 0 Å². The molecule has 0 unspecified atom stereocenters. The summed E-state index contributed by atoms with van der Waals surface area (Å²) >= 11 is 0. The second-order valence-electron chi connectivity index (χ2n) is 4.28. The molecule has 0 spiro atoms. The highest BCUT2D eigenvalue weighted by Crippen LogP contribution is 2.17. The summed E-state index contributed by atoms with van der Waals surface area (Å²) in [4.78, 5) is 11.7. The van der Waals surface area contributed by atoms with Crippen molar-refractivity contribution in [3.8, 4) is 0 Å². The van der Waals surface area contributed by atoms with E-state index in [-0.39, 0.29) is 10.7 Å². The van der Waals surface area contributed by atoms with E-state index in [2.05, 4.69) is 4.72 Å². The molecule has 0 fully saturated rings. The first-order chi connectivity index (χ1) is 9.53. The molecule has 2 rings (SSSR count). The minimum atomic E-state index is -3.68. The molecule has 0 amide bonds. The number of ketones is 1. The molecule has 0 heterocycles. The lowest BCUT2D eigenvalue weighted by Crippen LogP contribution is -2.13. The number of Topliss-reactive ketones (excluding diaryl/α,β-unsaturated/α-hetero) is 1. The van der Waals surface area contributed by atoms with Crippen LogP contribution in [0.1, 0.15) is 23.7 Å². The summed E-state index contributed by atoms with van der Waals surface area (Å²) in [5.74, 6) is -0.0817. The minimum Gasteiger partial charge on any atom is -0.294 e. The Balaban J connectivity index is 2.33. The average Bonchev–Trinajstić information content (AvgIpc) is 2.47. The van der Waals surface area contributed by atoms with Crippen LogP contribution in [0.15, 0.2) is 59.5 Å². The molecule has 104 valence electrons. The van der Waals surface area contributed by atoms with Gasteiger partial charge in [0.1, 0.15) is 0 Å².